The van der Waals surface area contributed by atoms with Crippen molar-refractivity contribution < 1.29 is 9.84 Å². The Morgan fingerprint density at radius 3 is 2.21 bits per heavy atom. The molecule has 1 N–H and O–H groups in total. The topological polar surface area (TPSA) is 29.5 Å². The fourth-order valence-electron chi connectivity index (χ4n) is 1.84. The van der Waals surface area contributed by atoms with Gasteiger partial charge in [-0.1, -0.05) is 12.1 Å². The van der Waals surface area contributed by atoms with Crippen LogP contribution in [0.25, 0.3) is 0 Å². The maximum atomic E-state index is 8.92. The zero-order valence-electron chi connectivity index (χ0n) is 9.13. The molecule has 0 bridgehead atoms. The van der Waals surface area contributed by atoms with Crippen LogP contribution in [0.4, 0.5) is 0 Å². The molecule has 1 aromatic carbocycles. The first-order valence-electron chi connectivity index (χ1n) is 4.87. The van der Waals surface area contributed by atoms with Crippen LogP contribution in [0.2, 0.25) is 0 Å². The minimum Gasteiger partial charge on any atom is -0.396 e. The van der Waals surface area contributed by atoms with E-state index >= 15 is 0 Å². The highest BCUT2D eigenvalue weighted by atomic mass is 16.5. The van der Waals surface area contributed by atoms with Crippen molar-refractivity contribution in [2.75, 3.05) is 13.7 Å². The van der Waals surface area contributed by atoms with Crippen molar-refractivity contribution in [3.8, 4) is 0 Å². The summed E-state index contributed by atoms with van der Waals surface area (Å²) >= 11 is 0. The molecule has 0 aromatic heterocycles. The van der Waals surface area contributed by atoms with E-state index in [1.807, 2.05) is 0 Å². The van der Waals surface area contributed by atoms with E-state index in [1.54, 1.807) is 7.11 Å². The Labute approximate surface area is 85.5 Å². The van der Waals surface area contributed by atoms with Crippen molar-refractivity contribution in [3.05, 3.63) is 34.4 Å². The smallest absolute Gasteiger partial charge is 0.0713 e. The summed E-state index contributed by atoms with van der Waals surface area (Å²) in [6.45, 7) is 5.03. The largest absolute Gasteiger partial charge is 0.396 e. The molecule has 0 aliphatic carbocycles. The van der Waals surface area contributed by atoms with Crippen LogP contribution >= 0.6 is 0 Å². The Bertz CT molecular complexity index is 282. The van der Waals surface area contributed by atoms with Crippen molar-refractivity contribution in [2.45, 2.75) is 26.9 Å². The Hall–Kier alpha value is -0.860. The molecule has 14 heavy (non-hydrogen) atoms. The number of rotatable bonds is 4. The second kappa shape index (κ2) is 5.13. The third-order valence-corrected chi connectivity index (χ3v) is 2.43. The van der Waals surface area contributed by atoms with Crippen molar-refractivity contribution in [2.24, 2.45) is 0 Å². The number of hydrogen-bond acceptors (Lipinski definition) is 2. The predicted molar refractivity (Wildman–Crippen MR) is 57.4 cm³/mol. The number of benzene rings is 1. The molecule has 0 saturated carbocycles. The minimum atomic E-state index is 0.214. The summed E-state index contributed by atoms with van der Waals surface area (Å²) in [4.78, 5) is 0. The van der Waals surface area contributed by atoms with Crippen molar-refractivity contribution in [1.29, 1.82) is 0 Å². The zero-order valence-corrected chi connectivity index (χ0v) is 9.13. The number of aryl methyl sites for hydroxylation is 2. The lowest BCUT2D eigenvalue weighted by Crippen LogP contribution is -2.00. The number of aliphatic hydroxyl groups excluding tert-OH is 1. The van der Waals surface area contributed by atoms with E-state index in [9.17, 15) is 0 Å². The average Bonchev–Trinajstić information content (AvgIpc) is 2.12. The molecular weight excluding hydrogens is 176 g/mol. The van der Waals surface area contributed by atoms with Gasteiger partial charge >= 0.3 is 0 Å². The van der Waals surface area contributed by atoms with Crippen LogP contribution in [-0.2, 0) is 17.8 Å². The SMILES string of the molecule is COCc1cc(C)c(CCO)c(C)c1. The quantitative estimate of drug-likeness (QED) is 0.794. The summed E-state index contributed by atoms with van der Waals surface area (Å²) in [5.41, 5.74) is 4.94. The molecule has 0 aliphatic rings. The fourth-order valence-corrected chi connectivity index (χ4v) is 1.84. The monoisotopic (exact) mass is 194 g/mol. The summed E-state index contributed by atoms with van der Waals surface area (Å²) < 4.78 is 5.09. The van der Waals surface area contributed by atoms with Crippen LogP contribution in [0.1, 0.15) is 22.3 Å². The molecule has 0 radical (unpaired) electrons. The van der Waals surface area contributed by atoms with Gasteiger partial charge in [0.2, 0.25) is 0 Å². The third kappa shape index (κ3) is 2.56. The summed E-state index contributed by atoms with van der Waals surface area (Å²) in [7, 11) is 1.70. The van der Waals surface area contributed by atoms with Gasteiger partial charge < -0.3 is 9.84 Å². The number of aliphatic hydroxyl groups is 1. The summed E-state index contributed by atoms with van der Waals surface area (Å²) in [5, 5.41) is 8.92. The molecule has 0 aliphatic heterocycles. The van der Waals surface area contributed by atoms with Gasteiger partial charge in [0.1, 0.15) is 0 Å². The molecule has 1 rings (SSSR count). The lowest BCUT2D eigenvalue weighted by Gasteiger charge is -2.11. The number of ether oxygens (including phenoxy) is 1. The van der Waals surface area contributed by atoms with Crippen LogP contribution in [-0.4, -0.2) is 18.8 Å². The summed E-state index contributed by atoms with van der Waals surface area (Å²) in [5.74, 6) is 0. The van der Waals surface area contributed by atoms with Crippen LogP contribution in [0.15, 0.2) is 12.1 Å². The highest BCUT2D eigenvalue weighted by molar-refractivity contribution is 5.37. The van der Waals surface area contributed by atoms with Crippen molar-refractivity contribution in [3.63, 3.8) is 0 Å². The zero-order chi connectivity index (χ0) is 10.6. The van der Waals surface area contributed by atoms with Crippen molar-refractivity contribution >= 4 is 0 Å². The van der Waals surface area contributed by atoms with E-state index in [4.69, 9.17) is 9.84 Å². The average molecular weight is 194 g/mol. The molecule has 0 heterocycles. The Balaban J connectivity index is 2.98. The molecule has 1 aromatic rings. The Morgan fingerprint density at radius 2 is 1.79 bits per heavy atom. The first kappa shape index (κ1) is 11.2. The van der Waals surface area contributed by atoms with E-state index < -0.39 is 0 Å². The van der Waals surface area contributed by atoms with E-state index in [1.165, 1.54) is 22.3 Å². The van der Waals surface area contributed by atoms with Gasteiger partial charge in [0.05, 0.1) is 6.61 Å². The predicted octanol–water partition coefficient (Wildman–Crippen LogP) is 1.98. The van der Waals surface area contributed by atoms with Gasteiger partial charge in [0.25, 0.3) is 0 Å². The van der Waals surface area contributed by atoms with E-state index in [-0.39, 0.29) is 6.61 Å². The summed E-state index contributed by atoms with van der Waals surface area (Å²) in [6, 6.07) is 4.25. The van der Waals surface area contributed by atoms with Crippen LogP contribution in [0, 0.1) is 13.8 Å². The normalized spacial score (nSPS) is 10.6. The second-order valence-electron chi connectivity index (χ2n) is 3.61. The maximum absolute atomic E-state index is 8.92. The van der Waals surface area contributed by atoms with E-state index in [0.29, 0.717) is 6.61 Å². The van der Waals surface area contributed by atoms with Gasteiger partial charge in [0, 0.05) is 13.7 Å². The molecule has 0 atom stereocenters. The van der Waals surface area contributed by atoms with Gasteiger partial charge in [-0.05, 0) is 42.5 Å². The highest BCUT2D eigenvalue weighted by Crippen LogP contribution is 2.17. The van der Waals surface area contributed by atoms with Gasteiger partial charge in [-0.15, -0.1) is 0 Å². The molecule has 2 nitrogen and oxygen atoms in total. The molecule has 0 saturated heterocycles. The molecular formula is C12H18O2. The standard InChI is InChI=1S/C12H18O2/c1-9-6-11(8-14-3)7-10(2)12(9)4-5-13/h6-7,13H,4-5,8H2,1-3H3. The Morgan fingerprint density at radius 1 is 1.21 bits per heavy atom. The number of methoxy groups -OCH3 is 1. The number of hydrogen-bond donors (Lipinski definition) is 1. The molecule has 0 unspecified atom stereocenters. The lowest BCUT2D eigenvalue weighted by molar-refractivity contribution is 0.185. The maximum Gasteiger partial charge on any atom is 0.0713 e. The van der Waals surface area contributed by atoms with Crippen LogP contribution in [0.5, 0.6) is 0 Å². The molecule has 0 amide bonds. The molecule has 78 valence electrons. The van der Waals surface area contributed by atoms with Crippen molar-refractivity contribution in [1.82, 2.24) is 0 Å². The fraction of sp³-hybridized carbons (Fsp3) is 0.500. The van der Waals surface area contributed by atoms with E-state index in [2.05, 4.69) is 26.0 Å². The highest BCUT2D eigenvalue weighted by Gasteiger charge is 2.04. The molecule has 0 spiro atoms. The summed E-state index contributed by atoms with van der Waals surface area (Å²) in [6.07, 6.45) is 0.741. The second-order valence-corrected chi connectivity index (χ2v) is 3.61. The van der Waals surface area contributed by atoms with Crippen LogP contribution < -0.4 is 0 Å². The first-order valence-corrected chi connectivity index (χ1v) is 4.87. The van der Waals surface area contributed by atoms with Gasteiger partial charge in [-0.25, -0.2) is 0 Å². The lowest BCUT2D eigenvalue weighted by atomic mass is 9.97. The van der Waals surface area contributed by atoms with Crippen LogP contribution in [0.3, 0.4) is 0 Å². The van der Waals surface area contributed by atoms with Gasteiger partial charge in [0.15, 0.2) is 0 Å². The van der Waals surface area contributed by atoms with Gasteiger partial charge in [-0.2, -0.15) is 0 Å². The molecule has 2 heteroatoms. The third-order valence-electron chi connectivity index (χ3n) is 2.43. The first-order chi connectivity index (χ1) is 6.69. The molecule has 0 fully saturated rings. The minimum absolute atomic E-state index is 0.214. The Kier molecular flexibility index (Phi) is 4.11. The van der Waals surface area contributed by atoms with Gasteiger partial charge in [-0.3, -0.25) is 0 Å². The van der Waals surface area contributed by atoms with E-state index in [0.717, 1.165) is 6.42 Å².